The fraction of sp³-hybridized carbons (Fsp3) is 0.357. The maximum Gasteiger partial charge on any atom is 0.164 e. The van der Waals surface area contributed by atoms with Crippen molar-refractivity contribution in [2.75, 3.05) is 18.8 Å². The molecule has 0 aromatic carbocycles. The number of halogens is 1. The third-order valence-electron chi connectivity index (χ3n) is 3.97. The molecular formula is C14H17ClN8. The number of hydrogen-bond acceptors (Lipinski definition) is 7. The van der Waals surface area contributed by atoms with E-state index in [0.717, 1.165) is 48.2 Å². The van der Waals surface area contributed by atoms with Crippen molar-refractivity contribution in [3.63, 3.8) is 0 Å². The molecule has 1 fully saturated rings. The molecule has 0 bridgehead atoms. The van der Waals surface area contributed by atoms with E-state index in [4.69, 9.17) is 10.8 Å². The standard InChI is InChI=1S/C14H16N8.ClH/c15-13-11-12(9-4-17-7-18-5-9)21-22(14(11)20-8-19-13)10-2-1-3-16-6-10;/h4-5,7-8,10,16H,1-3,6H2,(H2,15,19,20);1H/t10-;/m1./s1. The van der Waals surface area contributed by atoms with E-state index in [1.165, 1.54) is 12.7 Å². The van der Waals surface area contributed by atoms with Crippen LogP contribution in [0.1, 0.15) is 18.9 Å². The van der Waals surface area contributed by atoms with Gasteiger partial charge < -0.3 is 11.1 Å². The number of fused-ring (bicyclic) bond motifs is 1. The number of rotatable bonds is 2. The molecule has 1 aliphatic heterocycles. The van der Waals surface area contributed by atoms with Crippen molar-refractivity contribution in [3.8, 4) is 11.3 Å². The van der Waals surface area contributed by atoms with Crippen LogP contribution in [0.15, 0.2) is 25.0 Å². The first kappa shape index (κ1) is 15.6. The second-order valence-electron chi connectivity index (χ2n) is 5.38. The summed E-state index contributed by atoms with van der Waals surface area (Å²) in [5.41, 5.74) is 8.39. The summed E-state index contributed by atoms with van der Waals surface area (Å²) in [4.78, 5) is 16.6. The number of nitrogens with zero attached hydrogens (tertiary/aromatic N) is 6. The SMILES string of the molecule is Cl.Nc1ncnc2c1c(-c1cncnc1)nn2[C@@H]1CCCNC1. The highest BCUT2D eigenvalue weighted by molar-refractivity contribution is 5.98. The first-order valence-corrected chi connectivity index (χ1v) is 7.29. The van der Waals surface area contributed by atoms with Crippen LogP contribution in [0.3, 0.4) is 0 Å². The van der Waals surface area contributed by atoms with Gasteiger partial charge in [-0.05, 0) is 19.4 Å². The second-order valence-corrected chi connectivity index (χ2v) is 5.38. The molecule has 4 rings (SSSR count). The molecule has 3 N–H and O–H groups in total. The average Bonchev–Trinajstić information content (AvgIpc) is 2.98. The van der Waals surface area contributed by atoms with Crippen molar-refractivity contribution in [2.24, 2.45) is 0 Å². The van der Waals surface area contributed by atoms with Crippen LogP contribution in [0.25, 0.3) is 22.3 Å². The predicted molar refractivity (Wildman–Crippen MR) is 89.2 cm³/mol. The van der Waals surface area contributed by atoms with E-state index >= 15 is 0 Å². The number of nitrogens with two attached hydrogens (primary N) is 1. The molecule has 1 saturated heterocycles. The Kier molecular flexibility index (Phi) is 4.35. The zero-order valence-electron chi connectivity index (χ0n) is 12.4. The first-order chi connectivity index (χ1) is 10.8. The molecule has 0 amide bonds. The Morgan fingerprint density at radius 1 is 1.17 bits per heavy atom. The maximum absolute atomic E-state index is 6.08. The van der Waals surface area contributed by atoms with Crippen LogP contribution in [0.4, 0.5) is 5.82 Å². The maximum atomic E-state index is 6.08. The normalized spacial score (nSPS) is 17.8. The number of piperidine rings is 1. The minimum Gasteiger partial charge on any atom is -0.383 e. The zero-order valence-corrected chi connectivity index (χ0v) is 13.2. The molecule has 1 aliphatic rings. The van der Waals surface area contributed by atoms with Crippen molar-refractivity contribution < 1.29 is 0 Å². The molecule has 0 spiro atoms. The highest BCUT2D eigenvalue weighted by Crippen LogP contribution is 2.32. The monoisotopic (exact) mass is 332 g/mol. The summed E-state index contributed by atoms with van der Waals surface area (Å²) in [6.07, 6.45) is 8.62. The lowest BCUT2D eigenvalue weighted by molar-refractivity contribution is 0.354. The quantitative estimate of drug-likeness (QED) is 0.726. The van der Waals surface area contributed by atoms with Gasteiger partial charge in [0.25, 0.3) is 0 Å². The number of hydrogen-bond donors (Lipinski definition) is 2. The van der Waals surface area contributed by atoms with Crippen LogP contribution < -0.4 is 11.1 Å². The third-order valence-corrected chi connectivity index (χ3v) is 3.97. The summed E-state index contributed by atoms with van der Waals surface area (Å²) in [6.45, 7) is 1.93. The van der Waals surface area contributed by atoms with Crippen LogP contribution >= 0.6 is 12.4 Å². The van der Waals surface area contributed by atoms with Gasteiger partial charge in [-0.2, -0.15) is 5.10 Å². The largest absolute Gasteiger partial charge is 0.383 e. The van der Waals surface area contributed by atoms with Crippen LogP contribution in [0.2, 0.25) is 0 Å². The van der Waals surface area contributed by atoms with Gasteiger partial charge in [0.15, 0.2) is 5.65 Å². The van der Waals surface area contributed by atoms with Gasteiger partial charge in [0.05, 0.1) is 11.4 Å². The Morgan fingerprint density at radius 2 is 2.00 bits per heavy atom. The molecule has 23 heavy (non-hydrogen) atoms. The Balaban J connectivity index is 0.00000156. The Labute approximate surface area is 139 Å². The van der Waals surface area contributed by atoms with Gasteiger partial charge in [-0.1, -0.05) is 0 Å². The second kappa shape index (κ2) is 6.43. The van der Waals surface area contributed by atoms with E-state index in [-0.39, 0.29) is 18.4 Å². The molecule has 3 aromatic heterocycles. The minimum absolute atomic E-state index is 0. The van der Waals surface area contributed by atoms with E-state index < -0.39 is 0 Å². The van der Waals surface area contributed by atoms with Crippen molar-refractivity contribution >= 4 is 29.3 Å². The molecule has 4 heterocycles. The highest BCUT2D eigenvalue weighted by atomic mass is 35.5. The molecule has 9 heteroatoms. The molecule has 0 unspecified atom stereocenters. The van der Waals surface area contributed by atoms with E-state index in [2.05, 4.69) is 25.3 Å². The van der Waals surface area contributed by atoms with E-state index in [1.807, 2.05) is 4.68 Å². The molecule has 0 saturated carbocycles. The number of nitrogen functional groups attached to an aromatic ring is 1. The van der Waals surface area contributed by atoms with Gasteiger partial charge in [0.1, 0.15) is 24.2 Å². The van der Waals surface area contributed by atoms with Gasteiger partial charge in [-0.3, -0.25) is 0 Å². The van der Waals surface area contributed by atoms with Crippen molar-refractivity contribution in [1.82, 2.24) is 35.0 Å². The van der Waals surface area contributed by atoms with Gasteiger partial charge in [-0.25, -0.2) is 24.6 Å². The molecule has 1 atom stereocenters. The first-order valence-electron chi connectivity index (χ1n) is 7.29. The topological polar surface area (TPSA) is 107 Å². The van der Waals surface area contributed by atoms with Gasteiger partial charge in [-0.15, -0.1) is 12.4 Å². The summed E-state index contributed by atoms with van der Waals surface area (Å²) in [6, 6.07) is 0.268. The highest BCUT2D eigenvalue weighted by Gasteiger charge is 2.23. The molecule has 0 aliphatic carbocycles. The molecule has 3 aromatic rings. The Bertz CT molecular complexity index is 797. The van der Waals surface area contributed by atoms with Crippen molar-refractivity contribution in [1.29, 1.82) is 0 Å². The van der Waals surface area contributed by atoms with Crippen LogP contribution in [-0.4, -0.2) is 42.8 Å². The summed E-state index contributed by atoms with van der Waals surface area (Å²) in [5.74, 6) is 0.430. The van der Waals surface area contributed by atoms with Crippen LogP contribution in [0, 0.1) is 0 Å². The average molecular weight is 333 g/mol. The zero-order chi connectivity index (χ0) is 14.9. The van der Waals surface area contributed by atoms with E-state index in [0.29, 0.717) is 5.82 Å². The molecule has 8 nitrogen and oxygen atoms in total. The number of aromatic nitrogens is 6. The van der Waals surface area contributed by atoms with Gasteiger partial charge in [0.2, 0.25) is 0 Å². The summed E-state index contributed by atoms with van der Waals surface area (Å²) in [7, 11) is 0. The van der Waals surface area contributed by atoms with Crippen molar-refractivity contribution in [2.45, 2.75) is 18.9 Å². The van der Waals surface area contributed by atoms with Gasteiger partial charge >= 0.3 is 0 Å². The van der Waals surface area contributed by atoms with Gasteiger partial charge in [0, 0.05) is 24.5 Å². The molecule has 120 valence electrons. The Hall–Kier alpha value is -2.32. The summed E-state index contributed by atoms with van der Waals surface area (Å²) >= 11 is 0. The number of anilines is 1. The summed E-state index contributed by atoms with van der Waals surface area (Å²) < 4.78 is 1.96. The molecule has 0 radical (unpaired) electrons. The fourth-order valence-corrected chi connectivity index (χ4v) is 2.92. The van der Waals surface area contributed by atoms with E-state index in [1.54, 1.807) is 12.4 Å². The minimum atomic E-state index is 0. The third kappa shape index (κ3) is 2.71. The fourth-order valence-electron chi connectivity index (χ4n) is 2.92. The lowest BCUT2D eigenvalue weighted by Gasteiger charge is -2.23. The number of nitrogens with one attached hydrogen (secondary N) is 1. The van der Waals surface area contributed by atoms with E-state index in [9.17, 15) is 0 Å². The van der Waals surface area contributed by atoms with Crippen LogP contribution in [-0.2, 0) is 0 Å². The predicted octanol–water partition coefficient (Wildman–Crippen LogP) is 1.21. The Morgan fingerprint density at radius 3 is 2.74 bits per heavy atom. The lowest BCUT2D eigenvalue weighted by Crippen LogP contribution is -2.32. The summed E-state index contributed by atoms with van der Waals surface area (Å²) in [5, 5.41) is 8.93. The lowest BCUT2D eigenvalue weighted by atomic mass is 10.1. The molecular weight excluding hydrogens is 316 g/mol. The smallest absolute Gasteiger partial charge is 0.164 e. The van der Waals surface area contributed by atoms with Crippen LogP contribution in [0.5, 0.6) is 0 Å². The van der Waals surface area contributed by atoms with Crippen molar-refractivity contribution in [3.05, 3.63) is 25.0 Å².